The molecule has 21 fully saturated rings. The third-order valence-corrected chi connectivity index (χ3v) is 20.2. The highest BCUT2D eigenvalue weighted by Gasteiger charge is 2.54. The van der Waals surface area contributed by atoms with Gasteiger partial charge in [0.2, 0.25) is 0 Å². The lowest BCUT2D eigenvalue weighted by Gasteiger charge is -2.51. The predicted octanol–water partition coefficient (Wildman–Crippen LogP) is 9.82. The molecule has 0 aromatic carbocycles. The van der Waals surface area contributed by atoms with E-state index in [0.717, 1.165) is 0 Å². The van der Waals surface area contributed by atoms with Crippen molar-refractivity contribution in [1.29, 1.82) is 0 Å². The van der Waals surface area contributed by atoms with Crippen molar-refractivity contribution in [2.45, 2.75) is 275 Å². The third kappa shape index (κ3) is 10.6. The summed E-state index contributed by atoms with van der Waals surface area (Å²) < 4.78 is 96.1. The van der Waals surface area contributed by atoms with E-state index in [1.54, 1.807) is 0 Å². The maximum atomic E-state index is 6.97. The zero-order chi connectivity index (χ0) is 51.1. The Morgan fingerprint density at radius 2 is 0.229 bits per heavy atom. The van der Waals surface area contributed by atoms with Crippen LogP contribution in [0.3, 0.4) is 0 Å². The molecule has 14 nitrogen and oxygen atoms in total. The highest BCUT2D eigenvalue weighted by atomic mass is 16.8. The van der Waals surface area contributed by atoms with E-state index >= 15 is 0 Å². The van der Waals surface area contributed by atoms with Crippen LogP contribution in [0.2, 0.25) is 0 Å². The van der Waals surface area contributed by atoms with Crippen LogP contribution in [-0.4, -0.2) is 129 Å². The van der Waals surface area contributed by atoms with E-state index in [1.807, 2.05) is 0 Å². The van der Waals surface area contributed by atoms with Crippen molar-refractivity contribution in [3.05, 3.63) is 0 Å². The molecular formula is C56H98O14. The van der Waals surface area contributed by atoms with E-state index in [4.69, 9.17) is 66.3 Å². The van der Waals surface area contributed by atoms with Crippen LogP contribution < -0.4 is 0 Å². The Hall–Kier alpha value is -0.560. The van der Waals surface area contributed by atoms with Gasteiger partial charge in [-0.3, -0.25) is 0 Å². The number of ether oxygens (including phenoxy) is 14. The molecule has 0 aromatic heterocycles. The summed E-state index contributed by atoms with van der Waals surface area (Å²) in [6.45, 7) is 46.0. The van der Waals surface area contributed by atoms with Gasteiger partial charge in [-0.15, -0.1) is 0 Å². The van der Waals surface area contributed by atoms with E-state index in [-0.39, 0.29) is 168 Å². The van der Waals surface area contributed by atoms with E-state index in [9.17, 15) is 0 Å². The van der Waals surface area contributed by atoms with Gasteiger partial charge in [-0.2, -0.15) is 0 Å². The Morgan fingerprint density at radius 1 is 0.129 bits per heavy atom. The Bertz CT molecular complexity index is 1360. The fourth-order valence-electron chi connectivity index (χ4n) is 13.5. The molecule has 21 heterocycles. The van der Waals surface area contributed by atoms with Gasteiger partial charge in [-0.25, -0.2) is 0 Å². The molecule has 14 heteroatoms. The summed E-state index contributed by atoms with van der Waals surface area (Å²) in [4.78, 5) is 0. The molecule has 0 spiro atoms. The summed E-state index contributed by atoms with van der Waals surface area (Å²) in [7, 11) is 0. The summed E-state index contributed by atoms with van der Waals surface area (Å²) in [5, 5.41) is 0. The fraction of sp³-hybridized carbons (Fsp3) is 1.00. The van der Waals surface area contributed by atoms with Gasteiger partial charge in [0, 0.05) is 41.4 Å². The molecule has 0 N–H and O–H groups in total. The van der Waals surface area contributed by atoms with Gasteiger partial charge in [-0.1, -0.05) is 96.9 Å². The lowest BCUT2D eigenvalue weighted by molar-refractivity contribution is -0.364. The monoisotopic (exact) mass is 995 g/mol. The molecule has 21 aliphatic heterocycles. The van der Waals surface area contributed by atoms with Gasteiger partial charge in [0.1, 0.15) is 0 Å². The van der Waals surface area contributed by atoms with Crippen LogP contribution in [0.4, 0.5) is 0 Å². The van der Waals surface area contributed by atoms with Crippen molar-refractivity contribution in [2.75, 3.05) is 0 Å². The van der Waals surface area contributed by atoms with E-state index in [1.165, 1.54) is 0 Å². The highest BCUT2D eigenvalue weighted by molar-refractivity contribution is 4.96. The van der Waals surface area contributed by atoms with E-state index in [2.05, 4.69) is 145 Å². The van der Waals surface area contributed by atoms with Gasteiger partial charge >= 0.3 is 0 Å². The number of rotatable bonds is 0. The van der Waals surface area contributed by atoms with Crippen LogP contribution in [0.1, 0.15) is 145 Å². The summed E-state index contributed by atoms with van der Waals surface area (Å²) in [6, 6.07) is 0. The zero-order valence-electron chi connectivity index (χ0n) is 46.9. The molecule has 0 aromatic rings. The first-order chi connectivity index (χ1) is 32.9. The second-order valence-corrected chi connectivity index (χ2v) is 24.7. The number of hydrogen-bond acceptors (Lipinski definition) is 14. The molecule has 0 amide bonds. The maximum absolute atomic E-state index is 6.97. The van der Waals surface area contributed by atoms with Crippen molar-refractivity contribution in [2.24, 2.45) is 82.9 Å². The van der Waals surface area contributed by atoms with E-state index in [0.29, 0.717) is 0 Å². The summed E-state index contributed by atoms with van der Waals surface area (Å²) >= 11 is 0. The molecule has 0 aliphatic carbocycles. The Labute approximate surface area is 422 Å². The van der Waals surface area contributed by atoms with Crippen molar-refractivity contribution >= 4 is 0 Å². The zero-order valence-corrected chi connectivity index (χ0v) is 46.9. The van der Waals surface area contributed by atoms with Crippen LogP contribution in [0.25, 0.3) is 0 Å². The molecule has 16 unspecified atom stereocenters. The van der Waals surface area contributed by atoms with Gasteiger partial charge < -0.3 is 66.3 Å². The third-order valence-electron chi connectivity index (χ3n) is 20.2. The van der Waals surface area contributed by atoms with Gasteiger partial charge in [0.25, 0.3) is 0 Å². The molecule has 14 bridgehead atoms. The second-order valence-electron chi connectivity index (χ2n) is 24.7. The minimum absolute atomic E-state index is 0.0576. The molecule has 70 heavy (non-hydrogen) atoms. The summed E-state index contributed by atoms with van der Waals surface area (Å²) in [5.41, 5.74) is 0. The van der Waals surface area contributed by atoms with Crippen molar-refractivity contribution in [3.8, 4) is 0 Å². The molecular weight excluding hydrogens is 897 g/mol. The van der Waals surface area contributed by atoms with Crippen molar-refractivity contribution in [1.82, 2.24) is 0 Å². The van der Waals surface area contributed by atoms with Crippen LogP contribution >= 0.6 is 0 Å². The van der Waals surface area contributed by atoms with Crippen LogP contribution in [0, 0.1) is 82.9 Å². The lowest BCUT2D eigenvalue weighted by atomic mass is 9.81. The highest BCUT2D eigenvalue weighted by Crippen LogP contribution is 2.46. The molecule has 21 rings (SSSR count). The molecule has 35 atom stereocenters. The summed E-state index contributed by atoms with van der Waals surface area (Å²) in [5.74, 6) is 1.37. The van der Waals surface area contributed by atoms with E-state index < -0.39 is 44.0 Å². The minimum Gasteiger partial charge on any atom is -0.347 e. The van der Waals surface area contributed by atoms with Crippen LogP contribution in [0.15, 0.2) is 0 Å². The molecule has 0 saturated carbocycles. The van der Waals surface area contributed by atoms with Crippen LogP contribution in [-0.2, 0) is 66.3 Å². The Balaban J connectivity index is 1.02. The fourth-order valence-corrected chi connectivity index (χ4v) is 13.5. The average molecular weight is 995 g/mol. The maximum Gasteiger partial charge on any atom is 0.161 e. The Morgan fingerprint density at radius 3 is 0.329 bits per heavy atom. The number of hydrogen-bond donors (Lipinski definition) is 0. The predicted molar refractivity (Wildman–Crippen MR) is 263 cm³/mol. The molecule has 406 valence electrons. The first-order valence-corrected chi connectivity index (χ1v) is 28.1. The quantitative estimate of drug-likeness (QED) is 0.228. The Kier molecular flexibility index (Phi) is 17.6. The average Bonchev–Trinajstić information content (AvgIpc) is 3.31. The second kappa shape index (κ2) is 22.2. The van der Waals surface area contributed by atoms with Crippen molar-refractivity contribution < 1.29 is 66.3 Å². The van der Waals surface area contributed by atoms with Crippen LogP contribution in [0.5, 0.6) is 0 Å². The van der Waals surface area contributed by atoms with Gasteiger partial charge in [0.05, 0.1) is 85.5 Å². The summed E-state index contributed by atoms with van der Waals surface area (Å²) in [6.07, 6.45) is -5.78. The topological polar surface area (TPSA) is 129 Å². The normalized spacial score (nSPS) is 59.7. The minimum atomic E-state index is -0.419. The first-order valence-electron chi connectivity index (χ1n) is 28.1. The lowest BCUT2D eigenvalue weighted by Crippen LogP contribution is -2.59. The SMILES string of the molecule is CC1OC2O[C@@H]3C(C)O[C@@H](O[C@@H]4C(C)O[C@H](O[C@@H]5C(C)O[C@H](O[C@@H]6C(C)O[C@@H](O[C@H]7C(C)O[C@@H](O[C@@H]8C(C)O[C@@H](OC1[C@H](C)C2C)C(C)[C@H]8C)C(C)[C@H]7C)C(C)[C@H]6C)C(C)[C@H]5C)C(C)[C@H]4C)[C@@H](C)C3C. The van der Waals surface area contributed by atoms with Crippen molar-refractivity contribution in [3.63, 3.8) is 0 Å². The molecule has 21 aliphatic rings. The van der Waals surface area contributed by atoms with Gasteiger partial charge in [-0.05, 0) is 89.9 Å². The standard InChI is InChI=1S/C56H98O14/c1-22-29(8)50-57-36(15)43(22)64-51-30(9)23(2)45(38(17)58-51)66-53-32(11)25(4)47(40(19)60-53)68-55-34(13)27(6)49(42(21)62-55)70-56-35(14)28(7)48(41(20)63-56)69-54-33(12)26(5)46(39(18)61-54)67-52-31(10)24(3)44(65-50)37(16)59-52/h22-56H,1-21H3/t22-,23-,24-,25-,26-,27-,28?,29?,30?,31?,32?,33?,34?,35+,36?,37?,38?,39?,40?,41?,42?,43-,44+,45+,46?,47+,48+,49+,50+,51+,52+,53-,54?,55-,56+/m1/s1. The molecule has 0 radical (unpaired) electrons. The van der Waals surface area contributed by atoms with Gasteiger partial charge in [0.15, 0.2) is 44.0 Å². The molecule has 21 saturated heterocycles. The largest absolute Gasteiger partial charge is 0.347 e. The first kappa shape index (κ1) is 55.7. The smallest absolute Gasteiger partial charge is 0.161 e.